The molecule has 1 N–H and O–H groups in total. The second-order valence-electron chi connectivity index (χ2n) is 5.18. The minimum absolute atomic E-state index is 0.194. The van der Waals surface area contributed by atoms with Gasteiger partial charge in [-0.2, -0.15) is 0 Å². The summed E-state index contributed by atoms with van der Waals surface area (Å²) in [5.41, 5.74) is 0.247. The zero-order valence-corrected chi connectivity index (χ0v) is 12.0. The number of ether oxygens (including phenoxy) is 1. The Bertz CT molecular complexity index is 437. The molecule has 0 radical (unpaired) electrons. The Balaban J connectivity index is 2.56. The highest BCUT2D eigenvalue weighted by Crippen LogP contribution is 2.16. The zero-order valence-electron chi connectivity index (χ0n) is 11.3. The van der Waals surface area contributed by atoms with Gasteiger partial charge >= 0.3 is 6.09 Å². The smallest absolute Gasteiger partial charge is 0.407 e. The quantitative estimate of drug-likeness (QED) is 0.864. The van der Waals surface area contributed by atoms with Crippen molar-refractivity contribution in [2.24, 2.45) is 0 Å². The summed E-state index contributed by atoms with van der Waals surface area (Å²) in [5.74, 6) is -0.412. The normalized spacial score (nSPS) is 12.6. The molecule has 19 heavy (non-hydrogen) atoms. The van der Waals surface area contributed by atoms with Gasteiger partial charge in [-0.3, -0.25) is 0 Å². The van der Waals surface area contributed by atoms with Crippen LogP contribution in [0.4, 0.5) is 4.79 Å². The van der Waals surface area contributed by atoms with Gasteiger partial charge in [0, 0.05) is 11.6 Å². The van der Waals surface area contributed by atoms with E-state index < -0.39 is 17.6 Å². The standard InChI is InChI=1S/C14H18ClNO3/c1-14(2,3)19-13(18)16-8-11(9-17)10-4-6-12(15)7-5-10/h4-7,9,11H,8H2,1-3H3,(H,16,18). The van der Waals surface area contributed by atoms with Gasteiger partial charge in [0.25, 0.3) is 0 Å². The molecule has 1 atom stereocenters. The van der Waals surface area contributed by atoms with Crippen molar-refractivity contribution in [3.63, 3.8) is 0 Å². The van der Waals surface area contributed by atoms with Crippen LogP contribution in [-0.4, -0.2) is 24.5 Å². The molecule has 0 saturated heterocycles. The van der Waals surface area contributed by atoms with Crippen molar-refractivity contribution in [1.29, 1.82) is 0 Å². The number of amides is 1. The molecule has 1 aromatic rings. The van der Waals surface area contributed by atoms with Crippen molar-refractivity contribution in [3.8, 4) is 0 Å². The van der Waals surface area contributed by atoms with Crippen molar-refractivity contribution < 1.29 is 14.3 Å². The Labute approximate surface area is 118 Å². The molecule has 4 nitrogen and oxygen atoms in total. The maximum Gasteiger partial charge on any atom is 0.407 e. The number of aldehydes is 1. The average Bonchev–Trinajstić information content (AvgIpc) is 2.29. The van der Waals surface area contributed by atoms with Crippen molar-refractivity contribution in [3.05, 3.63) is 34.9 Å². The zero-order chi connectivity index (χ0) is 14.5. The lowest BCUT2D eigenvalue weighted by Gasteiger charge is -2.20. The fourth-order valence-corrected chi connectivity index (χ4v) is 1.59. The second-order valence-corrected chi connectivity index (χ2v) is 5.61. The molecule has 0 heterocycles. The molecule has 5 heteroatoms. The fraction of sp³-hybridized carbons (Fsp3) is 0.429. The highest BCUT2D eigenvalue weighted by atomic mass is 35.5. The third-order valence-corrected chi connectivity index (χ3v) is 2.58. The number of nitrogens with one attached hydrogen (secondary N) is 1. The lowest BCUT2D eigenvalue weighted by atomic mass is 10.0. The van der Waals surface area contributed by atoms with Gasteiger partial charge in [0.15, 0.2) is 0 Å². The first kappa shape index (κ1) is 15.5. The summed E-state index contributed by atoms with van der Waals surface area (Å²) in [5, 5.41) is 3.18. The summed E-state index contributed by atoms with van der Waals surface area (Å²) in [6.45, 7) is 5.54. The number of rotatable bonds is 4. The number of carbonyl (C=O) groups excluding carboxylic acids is 2. The predicted octanol–water partition coefficient (Wildman–Crippen LogP) is 3.15. The monoisotopic (exact) mass is 283 g/mol. The molecule has 104 valence electrons. The summed E-state index contributed by atoms with van der Waals surface area (Å²) >= 11 is 5.78. The minimum Gasteiger partial charge on any atom is -0.444 e. The Morgan fingerprint density at radius 3 is 2.42 bits per heavy atom. The number of hydrogen-bond donors (Lipinski definition) is 1. The Kier molecular flexibility index (Phi) is 5.36. The van der Waals surface area contributed by atoms with Crippen LogP contribution in [0.15, 0.2) is 24.3 Å². The molecule has 1 rings (SSSR count). The molecular weight excluding hydrogens is 266 g/mol. The molecule has 0 aliphatic heterocycles. The number of alkyl carbamates (subject to hydrolysis) is 1. The fourth-order valence-electron chi connectivity index (χ4n) is 1.46. The first-order valence-corrected chi connectivity index (χ1v) is 6.37. The average molecular weight is 284 g/mol. The van der Waals surface area contributed by atoms with Gasteiger partial charge in [-0.05, 0) is 38.5 Å². The van der Waals surface area contributed by atoms with Gasteiger partial charge in [-0.25, -0.2) is 4.79 Å². The van der Waals surface area contributed by atoms with Crippen LogP contribution < -0.4 is 5.32 Å². The van der Waals surface area contributed by atoms with Gasteiger partial charge in [0.1, 0.15) is 11.9 Å². The molecule has 0 aromatic heterocycles. The maximum absolute atomic E-state index is 11.5. The number of hydrogen-bond acceptors (Lipinski definition) is 3. The Hall–Kier alpha value is -1.55. The van der Waals surface area contributed by atoms with E-state index in [1.807, 2.05) is 0 Å². The molecule has 1 unspecified atom stereocenters. The van der Waals surface area contributed by atoms with E-state index in [0.29, 0.717) is 5.02 Å². The van der Waals surface area contributed by atoms with Gasteiger partial charge < -0.3 is 14.8 Å². The molecule has 0 bridgehead atoms. The lowest BCUT2D eigenvalue weighted by Crippen LogP contribution is -2.35. The molecule has 0 spiro atoms. The second kappa shape index (κ2) is 6.57. The van der Waals surface area contributed by atoms with Crippen LogP contribution in [0, 0.1) is 0 Å². The highest BCUT2D eigenvalue weighted by molar-refractivity contribution is 6.30. The summed E-state index contributed by atoms with van der Waals surface area (Å²) < 4.78 is 5.10. The van der Waals surface area contributed by atoms with Crippen LogP contribution in [-0.2, 0) is 9.53 Å². The van der Waals surface area contributed by atoms with Crippen molar-refractivity contribution in [2.45, 2.75) is 32.3 Å². The summed E-state index contributed by atoms with van der Waals surface area (Å²) in [6, 6.07) is 6.94. The first-order valence-electron chi connectivity index (χ1n) is 5.99. The topological polar surface area (TPSA) is 55.4 Å². The Morgan fingerprint density at radius 1 is 1.37 bits per heavy atom. The van der Waals surface area contributed by atoms with Gasteiger partial charge in [-0.1, -0.05) is 23.7 Å². The van der Waals surface area contributed by atoms with Crippen LogP contribution in [0.1, 0.15) is 32.3 Å². The van der Waals surface area contributed by atoms with E-state index >= 15 is 0 Å². The van der Waals surface area contributed by atoms with Crippen molar-refractivity contribution >= 4 is 24.0 Å². The third kappa shape index (κ3) is 5.75. The predicted molar refractivity (Wildman–Crippen MR) is 74.5 cm³/mol. The first-order chi connectivity index (χ1) is 8.81. The molecule has 1 amide bonds. The molecule has 0 aliphatic carbocycles. The van der Waals surface area contributed by atoms with E-state index in [0.717, 1.165) is 11.8 Å². The van der Waals surface area contributed by atoms with Crippen LogP contribution in [0.2, 0.25) is 5.02 Å². The van der Waals surface area contributed by atoms with Crippen molar-refractivity contribution in [1.82, 2.24) is 5.32 Å². The van der Waals surface area contributed by atoms with E-state index in [1.54, 1.807) is 45.0 Å². The molecular formula is C14H18ClNO3. The summed E-state index contributed by atoms with van der Waals surface area (Å²) in [7, 11) is 0. The maximum atomic E-state index is 11.5. The molecule has 0 aliphatic rings. The molecule has 0 fully saturated rings. The highest BCUT2D eigenvalue weighted by Gasteiger charge is 2.18. The van der Waals surface area contributed by atoms with Crippen molar-refractivity contribution in [2.75, 3.05) is 6.54 Å². The van der Waals surface area contributed by atoms with Crippen LogP contribution in [0.3, 0.4) is 0 Å². The van der Waals surface area contributed by atoms with Gasteiger partial charge in [0.2, 0.25) is 0 Å². The van der Waals surface area contributed by atoms with Crippen LogP contribution in [0.25, 0.3) is 0 Å². The third-order valence-electron chi connectivity index (χ3n) is 2.33. The molecule has 0 saturated carbocycles. The SMILES string of the molecule is CC(C)(C)OC(=O)NCC(C=O)c1ccc(Cl)cc1. The number of carbonyl (C=O) groups is 2. The van der Waals surface area contributed by atoms with E-state index in [1.165, 1.54) is 0 Å². The Morgan fingerprint density at radius 2 is 1.95 bits per heavy atom. The number of halogens is 1. The van der Waals surface area contributed by atoms with E-state index in [4.69, 9.17) is 16.3 Å². The van der Waals surface area contributed by atoms with E-state index in [-0.39, 0.29) is 6.54 Å². The minimum atomic E-state index is -0.555. The molecule has 1 aromatic carbocycles. The van der Waals surface area contributed by atoms with Crippen LogP contribution in [0.5, 0.6) is 0 Å². The van der Waals surface area contributed by atoms with Gasteiger partial charge in [-0.15, -0.1) is 0 Å². The lowest BCUT2D eigenvalue weighted by molar-refractivity contribution is -0.109. The largest absolute Gasteiger partial charge is 0.444 e. The van der Waals surface area contributed by atoms with E-state index in [9.17, 15) is 9.59 Å². The van der Waals surface area contributed by atoms with Crippen LogP contribution >= 0.6 is 11.6 Å². The summed E-state index contributed by atoms with van der Waals surface area (Å²) in [4.78, 5) is 22.6. The number of benzene rings is 1. The summed E-state index contributed by atoms with van der Waals surface area (Å²) in [6.07, 6.45) is 0.258. The van der Waals surface area contributed by atoms with E-state index in [2.05, 4.69) is 5.32 Å². The van der Waals surface area contributed by atoms with Gasteiger partial charge in [0.05, 0.1) is 5.92 Å².